The number of rotatable bonds is 3. The van der Waals surface area contributed by atoms with Crippen LogP contribution in [0.3, 0.4) is 0 Å². The Labute approximate surface area is 91.4 Å². The molecule has 0 aliphatic rings. The first kappa shape index (κ1) is 9.86. The quantitative estimate of drug-likeness (QED) is 0.805. The standard InChI is InChI=1S/C10H8ClNO3/c1-13-7-3-2-4-8(5-7)14-10-12-6-9(11)15-10/h2-6H,1H3. The molecular weight excluding hydrogens is 218 g/mol. The van der Waals surface area contributed by atoms with Gasteiger partial charge in [-0.2, -0.15) is 4.98 Å². The lowest BCUT2D eigenvalue weighted by Gasteiger charge is -2.02. The van der Waals surface area contributed by atoms with Crippen molar-refractivity contribution >= 4 is 11.6 Å². The maximum atomic E-state index is 5.55. The third-order valence-electron chi connectivity index (χ3n) is 1.70. The maximum Gasteiger partial charge on any atom is 0.400 e. The summed E-state index contributed by atoms with van der Waals surface area (Å²) < 4.78 is 15.3. The van der Waals surface area contributed by atoms with Gasteiger partial charge in [-0.25, -0.2) is 0 Å². The van der Waals surface area contributed by atoms with E-state index in [2.05, 4.69) is 4.98 Å². The Kier molecular flexibility index (Phi) is 2.78. The summed E-state index contributed by atoms with van der Waals surface area (Å²) in [7, 11) is 1.58. The number of hydrogen-bond acceptors (Lipinski definition) is 4. The number of halogens is 1. The van der Waals surface area contributed by atoms with Crippen LogP contribution in [0.25, 0.3) is 0 Å². The maximum absolute atomic E-state index is 5.55. The van der Waals surface area contributed by atoms with Crippen molar-refractivity contribution in [1.82, 2.24) is 4.98 Å². The lowest BCUT2D eigenvalue weighted by atomic mass is 10.3. The lowest BCUT2D eigenvalue weighted by molar-refractivity contribution is 0.329. The van der Waals surface area contributed by atoms with Gasteiger partial charge in [-0.05, 0) is 23.7 Å². The van der Waals surface area contributed by atoms with Crippen LogP contribution in [-0.2, 0) is 0 Å². The van der Waals surface area contributed by atoms with E-state index in [0.29, 0.717) is 11.5 Å². The molecule has 1 aromatic carbocycles. The van der Waals surface area contributed by atoms with Crippen LogP contribution in [0.15, 0.2) is 34.9 Å². The first-order chi connectivity index (χ1) is 7.28. The Morgan fingerprint density at radius 1 is 1.33 bits per heavy atom. The average Bonchev–Trinajstić information content (AvgIpc) is 2.64. The predicted molar refractivity (Wildman–Crippen MR) is 54.6 cm³/mol. The summed E-state index contributed by atoms with van der Waals surface area (Å²) in [5, 5.41) is 0.188. The Hall–Kier alpha value is -1.68. The summed E-state index contributed by atoms with van der Waals surface area (Å²) >= 11 is 5.55. The Morgan fingerprint density at radius 2 is 2.13 bits per heavy atom. The SMILES string of the molecule is COc1cccc(Oc2ncc(Cl)o2)c1. The molecule has 0 aliphatic carbocycles. The molecule has 0 saturated carbocycles. The van der Waals surface area contributed by atoms with Crippen LogP contribution in [-0.4, -0.2) is 12.1 Å². The van der Waals surface area contributed by atoms with Crippen LogP contribution in [0.2, 0.25) is 5.22 Å². The first-order valence-electron chi connectivity index (χ1n) is 4.21. The van der Waals surface area contributed by atoms with Crippen LogP contribution in [0.5, 0.6) is 17.6 Å². The number of ether oxygens (including phenoxy) is 2. The molecule has 0 amide bonds. The van der Waals surface area contributed by atoms with E-state index in [4.69, 9.17) is 25.5 Å². The fourth-order valence-electron chi connectivity index (χ4n) is 1.05. The molecule has 0 saturated heterocycles. The largest absolute Gasteiger partial charge is 0.497 e. The highest BCUT2D eigenvalue weighted by Crippen LogP contribution is 2.25. The van der Waals surface area contributed by atoms with Gasteiger partial charge in [-0.15, -0.1) is 0 Å². The normalized spacial score (nSPS) is 10.0. The molecule has 2 aromatic rings. The fraction of sp³-hybridized carbons (Fsp3) is 0.100. The molecule has 0 aliphatic heterocycles. The molecule has 2 rings (SSSR count). The monoisotopic (exact) mass is 225 g/mol. The van der Waals surface area contributed by atoms with Gasteiger partial charge in [0, 0.05) is 6.07 Å². The summed E-state index contributed by atoms with van der Waals surface area (Å²) in [6, 6.07) is 7.10. The first-order valence-corrected chi connectivity index (χ1v) is 4.59. The van der Waals surface area contributed by atoms with Gasteiger partial charge in [0.05, 0.1) is 13.3 Å². The van der Waals surface area contributed by atoms with E-state index >= 15 is 0 Å². The molecular formula is C10H8ClNO3. The number of methoxy groups -OCH3 is 1. The predicted octanol–water partition coefficient (Wildman–Crippen LogP) is 3.13. The van der Waals surface area contributed by atoms with Crippen LogP contribution in [0.4, 0.5) is 0 Å². The van der Waals surface area contributed by atoms with Gasteiger partial charge in [0.15, 0.2) is 0 Å². The van der Waals surface area contributed by atoms with Gasteiger partial charge in [-0.3, -0.25) is 0 Å². The summed E-state index contributed by atoms with van der Waals surface area (Å²) in [5.41, 5.74) is 0. The second-order valence-corrected chi connectivity index (χ2v) is 3.08. The summed E-state index contributed by atoms with van der Waals surface area (Å²) in [4.78, 5) is 3.80. The molecule has 0 radical (unpaired) electrons. The molecule has 0 N–H and O–H groups in total. The third kappa shape index (κ3) is 2.41. The van der Waals surface area contributed by atoms with E-state index in [1.54, 1.807) is 25.3 Å². The molecule has 0 spiro atoms. The van der Waals surface area contributed by atoms with Gasteiger partial charge >= 0.3 is 6.08 Å². The highest BCUT2D eigenvalue weighted by atomic mass is 35.5. The second-order valence-electron chi connectivity index (χ2n) is 2.71. The molecule has 0 atom stereocenters. The van der Waals surface area contributed by atoms with E-state index < -0.39 is 0 Å². The smallest absolute Gasteiger partial charge is 0.400 e. The highest BCUT2D eigenvalue weighted by molar-refractivity contribution is 6.28. The number of benzene rings is 1. The van der Waals surface area contributed by atoms with Crippen molar-refractivity contribution in [3.63, 3.8) is 0 Å². The summed E-state index contributed by atoms with van der Waals surface area (Å²) in [6.07, 6.45) is 1.48. The van der Waals surface area contributed by atoms with Crippen molar-refractivity contribution in [3.8, 4) is 17.6 Å². The van der Waals surface area contributed by atoms with E-state index in [1.165, 1.54) is 6.20 Å². The molecule has 78 valence electrons. The molecule has 0 bridgehead atoms. The van der Waals surface area contributed by atoms with Crippen molar-refractivity contribution in [2.45, 2.75) is 0 Å². The second kappa shape index (κ2) is 4.23. The van der Waals surface area contributed by atoms with Crippen LogP contribution < -0.4 is 9.47 Å². The minimum Gasteiger partial charge on any atom is -0.497 e. The van der Waals surface area contributed by atoms with Crippen molar-refractivity contribution < 1.29 is 13.9 Å². The minimum absolute atomic E-state index is 0.105. The average molecular weight is 226 g/mol. The van der Waals surface area contributed by atoms with Crippen molar-refractivity contribution in [2.24, 2.45) is 0 Å². The van der Waals surface area contributed by atoms with E-state index in [1.807, 2.05) is 6.07 Å². The molecule has 4 nitrogen and oxygen atoms in total. The molecule has 0 fully saturated rings. The third-order valence-corrected chi connectivity index (χ3v) is 1.88. The molecule has 5 heteroatoms. The van der Waals surface area contributed by atoms with Gasteiger partial charge in [0.2, 0.25) is 5.22 Å². The van der Waals surface area contributed by atoms with Crippen LogP contribution in [0.1, 0.15) is 0 Å². The zero-order valence-corrected chi connectivity index (χ0v) is 8.69. The molecule has 1 heterocycles. The topological polar surface area (TPSA) is 44.5 Å². The summed E-state index contributed by atoms with van der Waals surface area (Å²) in [5.74, 6) is 1.28. The van der Waals surface area contributed by atoms with Crippen LogP contribution in [0, 0.1) is 0 Å². The van der Waals surface area contributed by atoms with Gasteiger partial charge < -0.3 is 13.9 Å². The number of nitrogens with zero attached hydrogens (tertiary/aromatic N) is 1. The van der Waals surface area contributed by atoms with Gasteiger partial charge in [-0.1, -0.05) is 6.07 Å². The van der Waals surface area contributed by atoms with Crippen LogP contribution >= 0.6 is 11.6 Å². The number of oxazole rings is 1. The number of hydrogen-bond donors (Lipinski definition) is 0. The summed E-state index contributed by atoms with van der Waals surface area (Å²) in [6.45, 7) is 0. The Balaban J connectivity index is 2.16. The molecule has 1 aromatic heterocycles. The minimum atomic E-state index is 0.105. The Morgan fingerprint density at radius 3 is 2.80 bits per heavy atom. The molecule has 0 unspecified atom stereocenters. The van der Waals surface area contributed by atoms with Gasteiger partial charge in [0.25, 0.3) is 0 Å². The van der Waals surface area contributed by atoms with E-state index in [0.717, 1.165) is 0 Å². The lowest BCUT2D eigenvalue weighted by Crippen LogP contribution is -1.86. The Bertz CT molecular complexity index is 455. The fourth-order valence-corrected chi connectivity index (χ4v) is 1.17. The van der Waals surface area contributed by atoms with E-state index in [-0.39, 0.29) is 11.3 Å². The van der Waals surface area contributed by atoms with Crippen molar-refractivity contribution in [2.75, 3.05) is 7.11 Å². The zero-order chi connectivity index (χ0) is 10.7. The van der Waals surface area contributed by atoms with Gasteiger partial charge in [0.1, 0.15) is 11.5 Å². The zero-order valence-electron chi connectivity index (χ0n) is 7.94. The molecule has 15 heavy (non-hydrogen) atoms. The van der Waals surface area contributed by atoms with Crippen molar-refractivity contribution in [3.05, 3.63) is 35.7 Å². The van der Waals surface area contributed by atoms with E-state index in [9.17, 15) is 0 Å². The number of aromatic nitrogens is 1. The highest BCUT2D eigenvalue weighted by Gasteiger charge is 2.04. The van der Waals surface area contributed by atoms with Crippen molar-refractivity contribution in [1.29, 1.82) is 0 Å².